The maximum Gasteiger partial charge on any atom is 0.276 e. The number of hydrogen-bond donors (Lipinski definition) is 2. The van der Waals surface area contributed by atoms with Crippen molar-refractivity contribution in [3.63, 3.8) is 0 Å². The summed E-state index contributed by atoms with van der Waals surface area (Å²) in [6.45, 7) is 3.33. The van der Waals surface area contributed by atoms with E-state index in [0.29, 0.717) is 5.76 Å². The number of rotatable bonds is 3. The van der Waals surface area contributed by atoms with Crippen LogP contribution in [-0.4, -0.2) is 40.1 Å². The number of amidine groups is 1. The summed E-state index contributed by atoms with van der Waals surface area (Å²) in [5, 5.41) is 14.9. The lowest BCUT2D eigenvalue weighted by Gasteiger charge is -2.22. The Hall–Kier alpha value is -2.05. The molecule has 1 heterocycles. The van der Waals surface area contributed by atoms with Crippen LogP contribution in [0.1, 0.15) is 23.2 Å². The van der Waals surface area contributed by atoms with Gasteiger partial charge in [-0.2, -0.15) is 0 Å². The monoisotopic (exact) mass is 226 g/mol. The Morgan fingerprint density at radius 3 is 2.81 bits per heavy atom. The van der Waals surface area contributed by atoms with Crippen molar-refractivity contribution in [3.05, 3.63) is 17.5 Å². The zero-order chi connectivity index (χ0) is 12.3. The van der Waals surface area contributed by atoms with Gasteiger partial charge in [-0.1, -0.05) is 10.3 Å². The van der Waals surface area contributed by atoms with Crippen LogP contribution in [-0.2, 0) is 0 Å². The summed E-state index contributed by atoms with van der Waals surface area (Å²) in [6, 6.07) is 1.01. The van der Waals surface area contributed by atoms with Crippen LogP contribution >= 0.6 is 0 Å². The van der Waals surface area contributed by atoms with Gasteiger partial charge in [-0.3, -0.25) is 4.79 Å². The van der Waals surface area contributed by atoms with Crippen molar-refractivity contribution in [2.45, 2.75) is 19.9 Å². The van der Waals surface area contributed by atoms with Crippen LogP contribution in [0.25, 0.3) is 0 Å². The molecule has 0 aliphatic heterocycles. The van der Waals surface area contributed by atoms with Crippen LogP contribution in [0, 0.1) is 6.92 Å². The predicted molar refractivity (Wildman–Crippen MR) is 56.2 cm³/mol. The van der Waals surface area contributed by atoms with Crippen LogP contribution in [0.5, 0.6) is 0 Å². The normalized spacial score (nSPS) is 13.6. The number of aromatic nitrogens is 1. The smallest absolute Gasteiger partial charge is 0.276 e. The third kappa shape index (κ3) is 2.30. The van der Waals surface area contributed by atoms with E-state index in [1.165, 1.54) is 18.0 Å². The molecule has 1 aromatic heterocycles. The molecule has 1 unspecified atom stereocenters. The van der Waals surface area contributed by atoms with E-state index < -0.39 is 6.04 Å². The lowest BCUT2D eigenvalue weighted by molar-refractivity contribution is 0.0766. The number of nitrogens with two attached hydrogens (primary N) is 1. The summed E-state index contributed by atoms with van der Waals surface area (Å²) in [4.78, 5) is 13.1. The first-order valence-corrected chi connectivity index (χ1v) is 4.65. The van der Waals surface area contributed by atoms with Crippen LogP contribution in [0.3, 0.4) is 0 Å². The lowest BCUT2D eigenvalue weighted by Crippen LogP contribution is -2.43. The molecular formula is C9H14N4O3. The average molecular weight is 226 g/mol. The summed E-state index contributed by atoms with van der Waals surface area (Å²) >= 11 is 0. The minimum Gasteiger partial charge on any atom is -0.409 e. The van der Waals surface area contributed by atoms with Gasteiger partial charge in [0.15, 0.2) is 11.5 Å². The van der Waals surface area contributed by atoms with Crippen LogP contribution < -0.4 is 5.73 Å². The zero-order valence-electron chi connectivity index (χ0n) is 9.34. The highest BCUT2D eigenvalue weighted by atomic mass is 16.5. The molecule has 0 aliphatic carbocycles. The van der Waals surface area contributed by atoms with Gasteiger partial charge in [0.05, 0.1) is 6.04 Å². The van der Waals surface area contributed by atoms with Crippen molar-refractivity contribution < 1.29 is 14.5 Å². The third-order valence-corrected chi connectivity index (χ3v) is 2.29. The molecule has 0 bridgehead atoms. The summed E-state index contributed by atoms with van der Waals surface area (Å²) in [7, 11) is 1.54. The van der Waals surface area contributed by atoms with E-state index in [1.807, 2.05) is 0 Å². The quantitative estimate of drug-likeness (QED) is 0.331. The van der Waals surface area contributed by atoms with Gasteiger partial charge in [0.1, 0.15) is 5.76 Å². The van der Waals surface area contributed by atoms with Gasteiger partial charge in [-0.15, -0.1) is 0 Å². The van der Waals surface area contributed by atoms with E-state index in [2.05, 4.69) is 10.3 Å². The van der Waals surface area contributed by atoms with E-state index in [4.69, 9.17) is 15.5 Å². The Morgan fingerprint density at radius 2 is 2.38 bits per heavy atom. The number of amides is 1. The Morgan fingerprint density at radius 1 is 1.75 bits per heavy atom. The largest absolute Gasteiger partial charge is 0.409 e. The van der Waals surface area contributed by atoms with Crippen LogP contribution in [0.4, 0.5) is 0 Å². The number of likely N-dealkylation sites (N-methyl/N-ethyl adjacent to an activating group) is 1. The maximum absolute atomic E-state index is 11.8. The van der Waals surface area contributed by atoms with Crippen molar-refractivity contribution in [3.8, 4) is 0 Å². The minimum atomic E-state index is -0.519. The van der Waals surface area contributed by atoms with Crippen LogP contribution in [0.2, 0.25) is 0 Å². The topological polar surface area (TPSA) is 105 Å². The first-order valence-electron chi connectivity index (χ1n) is 4.65. The molecule has 0 fully saturated rings. The fourth-order valence-corrected chi connectivity index (χ4v) is 1.11. The molecule has 0 saturated carbocycles. The van der Waals surface area contributed by atoms with Gasteiger partial charge >= 0.3 is 0 Å². The summed E-state index contributed by atoms with van der Waals surface area (Å²) < 4.78 is 4.79. The van der Waals surface area contributed by atoms with Crippen LogP contribution in [0.15, 0.2) is 15.7 Å². The Labute approximate surface area is 92.5 Å². The Balaban J connectivity index is 2.82. The molecule has 1 rings (SSSR count). The predicted octanol–water partition coefficient (Wildman–Crippen LogP) is 0.190. The maximum atomic E-state index is 11.8. The second-order valence-corrected chi connectivity index (χ2v) is 3.44. The molecule has 16 heavy (non-hydrogen) atoms. The van der Waals surface area contributed by atoms with Gasteiger partial charge < -0.3 is 20.4 Å². The number of carbonyl (C=O) groups excluding carboxylic acids is 1. The molecule has 1 atom stereocenters. The Kier molecular flexibility index (Phi) is 3.49. The molecule has 0 aliphatic rings. The van der Waals surface area contributed by atoms with Gasteiger partial charge in [0, 0.05) is 13.1 Å². The SMILES string of the molecule is Cc1cc(C(=O)N(C)C(C)C(N)=NO)no1. The lowest BCUT2D eigenvalue weighted by atomic mass is 10.2. The molecule has 0 aromatic carbocycles. The molecular weight excluding hydrogens is 212 g/mol. The molecule has 1 amide bonds. The minimum absolute atomic E-state index is 0.0453. The molecule has 1 aromatic rings. The molecule has 3 N–H and O–H groups in total. The van der Waals surface area contributed by atoms with E-state index in [0.717, 1.165) is 0 Å². The van der Waals surface area contributed by atoms with Gasteiger partial charge in [0.2, 0.25) is 0 Å². The zero-order valence-corrected chi connectivity index (χ0v) is 9.34. The molecule has 0 spiro atoms. The number of hydrogen-bond acceptors (Lipinski definition) is 5. The second-order valence-electron chi connectivity index (χ2n) is 3.44. The van der Waals surface area contributed by atoms with Gasteiger partial charge in [0.25, 0.3) is 5.91 Å². The van der Waals surface area contributed by atoms with Crippen molar-refractivity contribution in [2.24, 2.45) is 10.9 Å². The van der Waals surface area contributed by atoms with E-state index in [1.54, 1.807) is 13.8 Å². The molecule has 88 valence electrons. The van der Waals surface area contributed by atoms with Gasteiger partial charge in [-0.25, -0.2) is 0 Å². The summed E-state index contributed by atoms with van der Waals surface area (Å²) in [6.07, 6.45) is 0. The highest BCUT2D eigenvalue weighted by molar-refractivity contribution is 5.96. The Bertz CT molecular complexity index is 413. The number of aryl methyl sites for hydroxylation is 1. The highest BCUT2D eigenvalue weighted by Crippen LogP contribution is 2.07. The van der Waals surface area contributed by atoms with E-state index in [-0.39, 0.29) is 17.4 Å². The second kappa shape index (κ2) is 4.65. The number of carbonyl (C=O) groups is 1. The van der Waals surface area contributed by atoms with Crippen molar-refractivity contribution >= 4 is 11.7 Å². The fraction of sp³-hybridized carbons (Fsp3) is 0.444. The first-order chi connectivity index (χ1) is 7.47. The van der Waals surface area contributed by atoms with E-state index >= 15 is 0 Å². The first kappa shape index (κ1) is 12.0. The highest BCUT2D eigenvalue weighted by Gasteiger charge is 2.22. The van der Waals surface area contributed by atoms with E-state index in [9.17, 15) is 4.79 Å². The molecule has 0 radical (unpaired) electrons. The molecule has 7 heteroatoms. The number of nitrogens with zero attached hydrogens (tertiary/aromatic N) is 3. The van der Waals surface area contributed by atoms with Crippen molar-refractivity contribution in [1.29, 1.82) is 0 Å². The fourth-order valence-electron chi connectivity index (χ4n) is 1.11. The van der Waals surface area contributed by atoms with Crippen molar-refractivity contribution in [2.75, 3.05) is 7.05 Å². The number of oxime groups is 1. The average Bonchev–Trinajstić information content (AvgIpc) is 2.71. The summed E-state index contributed by atoms with van der Waals surface area (Å²) in [5.74, 6) is 0.153. The molecule has 7 nitrogen and oxygen atoms in total. The standard InChI is InChI=1S/C9H14N4O3/c1-5-4-7(12-16-5)9(14)13(3)6(2)8(10)11-15/h4,6,15H,1-3H3,(H2,10,11). The third-order valence-electron chi connectivity index (χ3n) is 2.29. The van der Waals surface area contributed by atoms with Crippen molar-refractivity contribution in [1.82, 2.24) is 10.1 Å². The summed E-state index contributed by atoms with van der Waals surface area (Å²) in [5.41, 5.74) is 5.59. The molecule has 0 saturated heterocycles. The van der Waals surface area contributed by atoms with Gasteiger partial charge in [-0.05, 0) is 13.8 Å².